The minimum absolute atomic E-state index is 0.649. The van der Waals surface area contributed by atoms with Gasteiger partial charge in [-0.2, -0.15) is 0 Å². The van der Waals surface area contributed by atoms with E-state index in [-0.39, 0.29) is 0 Å². The lowest BCUT2D eigenvalue weighted by Gasteiger charge is -2.05. The second kappa shape index (κ2) is 3.64. The Kier molecular flexibility index (Phi) is 2.45. The van der Waals surface area contributed by atoms with E-state index in [4.69, 9.17) is 0 Å². The van der Waals surface area contributed by atoms with E-state index in [0.717, 1.165) is 17.8 Å². The lowest BCUT2D eigenvalue weighted by atomic mass is 10.0. The van der Waals surface area contributed by atoms with Gasteiger partial charge in [0.1, 0.15) is 0 Å². The molecular weight excluding hydrogens is 256 g/mol. The second-order valence-electron chi connectivity index (χ2n) is 4.61. The summed E-state index contributed by atoms with van der Waals surface area (Å²) >= 11 is 5.79. The molecule has 2 aliphatic rings. The van der Waals surface area contributed by atoms with Gasteiger partial charge in [0.15, 0.2) is 0 Å². The zero-order valence-electron chi connectivity index (χ0n) is 8.16. The summed E-state index contributed by atoms with van der Waals surface area (Å²) in [5.41, 5.74) is 0. The van der Waals surface area contributed by atoms with Gasteiger partial charge >= 0.3 is 0 Å². The van der Waals surface area contributed by atoms with Gasteiger partial charge < -0.3 is 0 Å². The molecule has 1 aromatic rings. The summed E-state index contributed by atoms with van der Waals surface area (Å²) in [4.78, 5) is 2.18. The molecule has 0 amide bonds. The first kappa shape index (κ1) is 9.41. The molecule has 76 valence electrons. The van der Waals surface area contributed by atoms with E-state index in [2.05, 4.69) is 33.4 Å². The van der Waals surface area contributed by atoms with Crippen molar-refractivity contribution in [1.82, 2.24) is 0 Å². The van der Waals surface area contributed by atoms with E-state index in [1.54, 1.807) is 0 Å². The number of hydrogen-bond donors (Lipinski definition) is 0. The highest BCUT2D eigenvalue weighted by Gasteiger charge is 2.53. The van der Waals surface area contributed by atoms with Gasteiger partial charge in [-0.05, 0) is 42.0 Å². The molecule has 3 unspecified atom stereocenters. The van der Waals surface area contributed by atoms with Crippen LogP contribution in [0.1, 0.15) is 35.4 Å². The molecule has 14 heavy (non-hydrogen) atoms. The number of rotatable bonds is 2. The van der Waals surface area contributed by atoms with Crippen LogP contribution in [0, 0.1) is 17.8 Å². The molecule has 0 N–H and O–H groups in total. The average molecular weight is 271 g/mol. The molecule has 0 radical (unpaired) electrons. The van der Waals surface area contributed by atoms with Gasteiger partial charge in [0.05, 0.1) is 4.83 Å². The Hall–Kier alpha value is 0.180. The normalized spacial score (nSPS) is 37.6. The van der Waals surface area contributed by atoms with Crippen molar-refractivity contribution in [3.63, 3.8) is 0 Å². The molecule has 0 spiro atoms. The van der Waals surface area contributed by atoms with Crippen LogP contribution in [-0.4, -0.2) is 0 Å². The van der Waals surface area contributed by atoms with E-state index in [1.807, 2.05) is 11.3 Å². The lowest BCUT2D eigenvalue weighted by Crippen LogP contribution is -1.91. The van der Waals surface area contributed by atoms with Crippen molar-refractivity contribution < 1.29 is 0 Å². The van der Waals surface area contributed by atoms with Gasteiger partial charge in [0.25, 0.3) is 0 Å². The minimum atomic E-state index is 0.649. The largest absolute Gasteiger partial charge is 0.148 e. The van der Waals surface area contributed by atoms with Crippen molar-refractivity contribution in [2.24, 2.45) is 17.8 Å². The fourth-order valence-corrected chi connectivity index (χ4v) is 5.14. The van der Waals surface area contributed by atoms with Crippen LogP contribution in [0.25, 0.3) is 0 Å². The molecule has 0 nitrogen and oxygen atoms in total. The highest BCUT2D eigenvalue weighted by atomic mass is 79.9. The number of hydrogen-bond acceptors (Lipinski definition) is 1. The maximum Gasteiger partial charge on any atom is 0.0522 e. The standard InChI is InChI=1S/C12H15BrS/c13-12(10-6-3-7-14-10)11-8-4-1-2-5-9(8)11/h3,6-9,11-12H,1-2,4-5H2. The quantitative estimate of drug-likeness (QED) is 0.688. The van der Waals surface area contributed by atoms with Crippen molar-refractivity contribution >= 4 is 27.3 Å². The van der Waals surface area contributed by atoms with Crippen LogP contribution < -0.4 is 0 Å². The Morgan fingerprint density at radius 1 is 1.29 bits per heavy atom. The average Bonchev–Trinajstić information content (AvgIpc) is 2.70. The first-order chi connectivity index (χ1) is 6.88. The van der Waals surface area contributed by atoms with E-state index in [0.29, 0.717) is 4.83 Å². The maximum absolute atomic E-state index is 3.89. The summed E-state index contributed by atoms with van der Waals surface area (Å²) in [6.07, 6.45) is 5.93. The smallest absolute Gasteiger partial charge is 0.0522 e. The van der Waals surface area contributed by atoms with Crippen molar-refractivity contribution in [2.45, 2.75) is 30.5 Å². The first-order valence-corrected chi connectivity index (χ1v) is 7.35. The highest BCUT2D eigenvalue weighted by molar-refractivity contribution is 9.09. The fraction of sp³-hybridized carbons (Fsp3) is 0.667. The summed E-state index contributed by atoms with van der Waals surface area (Å²) in [5, 5.41) is 2.19. The van der Waals surface area contributed by atoms with Gasteiger partial charge in [-0.1, -0.05) is 34.8 Å². The molecule has 1 heterocycles. The number of halogens is 1. The molecule has 0 saturated heterocycles. The molecule has 3 rings (SSSR count). The summed E-state index contributed by atoms with van der Waals surface area (Å²) in [5.74, 6) is 3.06. The van der Waals surface area contributed by atoms with Crippen LogP contribution in [0.2, 0.25) is 0 Å². The van der Waals surface area contributed by atoms with Gasteiger partial charge in [0.2, 0.25) is 0 Å². The molecule has 2 heteroatoms. The van der Waals surface area contributed by atoms with Gasteiger partial charge in [-0.3, -0.25) is 0 Å². The summed E-state index contributed by atoms with van der Waals surface area (Å²) < 4.78 is 0. The third kappa shape index (κ3) is 1.47. The Morgan fingerprint density at radius 2 is 2.00 bits per heavy atom. The lowest BCUT2D eigenvalue weighted by molar-refractivity contribution is 0.480. The Bertz CT molecular complexity index is 294. The van der Waals surface area contributed by atoms with Crippen LogP contribution in [0.3, 0.4) is 0 Å². The fourth-order valence-electron chi connectivity index (χ4n) is 3.12. The predicted molar refractivity (Wildman–Crippen MR) is 64.9 cm³/mol. The molecule has 3 atom stereocenters. The maximum atomic E-state index is 3.89. The number of fused-ring (bicyclic) bond motifs is 1. The molecule has 2 saturated carbocycles. The summed E-state index contributed by atoms with van der Waals surface area (Å²) in [6.45, 7) is 0. The van der Waals surface area contributed by atoms with Gasteiger partial charge in [0, 0.05) is 4.88 Å². The molecule has 0 bridgehead atoms. The zero-order chi connectivity index (χ0) is 9.54. The monoisotopic (exact) mass is 270 g/mol. The van der Waals surface area contributed by atoms with E-state index < -0.39 is 0 Å². The van der Waals surface area contributed by atoms with E-state index in [9.17, 15) is 0 Å². The number of alkyl halides is 1. The van der Waals surface area contributed by atoms with Crippen LogP contribution in [0.15, 0.2) is 17.5 Å². The molecule has 0 aromatic carbocycles. The van der Waals surface area contributed by atoms with Crippen molar-refractivity contribution in [3.05, 3.63) is 22.4 Å². The molecule has 0 aliphatic heterocycles. The predicted octanol–water partition coefficient (Wildman–Crippen LogP) is 4.62. The van der Waals surface area contributed by atoms with Crippen molar-refractivity contribution in [3.8, 4) is 0 Å². The van der Waals surface area contributed by atoms with Crippen LogP contribution in [0.5, 0.6) is 0 Å². The minimum Gasteiger partial charge on any atom is -0.148 e. The summed E-state index contributed by atoms with van der Waals surface area (Å²) in [6, 6.07) is 4.44. The topological polar surface area (TPSA) is 0 Å². The van der Waals surface area contributed by atoms with Gasteiger partial charge in [-0.15, -0.1) is 11.3 Å². The SMILES string of the molecule is BrC(c1cccs1)C1C2CCCCC21. The Labute approximate surface area is 97.8 Å². The van der Waals surface area contributed by atoms with Gasteiger partial charge in [-0.25, -0.2) is 0 Å². The third-order valence-corrected chi connectivity index (χ3v) is 6.24. The third-order valence-electron chi connectivity index (χ3n) is 3.88. The highest BCUT2D eigenvalue weighted by Crippen LogP contribution is 2.63. The Morgan fingerprint density at radius 3 is 2.57 bits per heavy atom. The molecular formula is C12H15BrS. The van der Waals surface area contributed by atoms with Crippen LogP contribution in [-0.2, 0) is 0 Å². The molecule has 2 aliphatic carbocycles. The molecule has 2 fully saturated rings. The summed E-state index contributed by atoms with van der Waals surface area (Å²) in [7, 11) is 0. The van der Waals surface area contributed by atoms with E-state index >= 15 is 0 Å². The zero-order valence-corrected chi connectivity index (χ0v) is 10.6. The first-order valence-electron chi connectivity index (χ1n) is 5.55. The molecule has 1 aromatic heterocycles. The Balaban J connectivity index is 1.72. The van der Waals surface area contributed by atoms with Crippen molar-refractivity contribution in [1.29, 1.82) is 0 Å². The number of thiophene rings is 1. The van der Waals surface area contributed by atoms with Crippen LogP contribution in [0.4, 0.5) is 0 Å². The van der Waals surface area contributed by atoms with E-state index in [1.165, 1.54) is 30.6 Å². The van der Waals surface area contributed by atoms with Crippen molar-refractivity contribution in [2.75, 3.05) is 0 Å². The van der Waals surface area contributed by atoms with Crippen LogP contribution >= 0.6 is 27.3 Å². The second-order valence-corrected chi connectivity index (χ2v) is 6.57.